The fourth-order valence-corrected chi connectivity index (χ4v) is 2.59. The number of aromatic nitrogens is 2. The van der Waals surface area contributed by atoms with Gasteiger partial charge in [0.2, 0.25) is 11.8 Å². The normalized spacial score (nSPS) is 16.4. The fourth-order valence-electron chi connectivity index (χ4n) is 2.59. The van der Waals surface area contributed by atoms with Gasteiger partial charge in [-0.05, 0) is 45.2 Å². The number of hydrogen-bond acceptors (Lipinski definition) is 5. The van der Waals surface area contributed by atoms with E-state index >= 15 is 0 Å². The lowest BCUT2D eigenvalue weighted by Gasteiger charge is -2.32. The summed E-state index contributed by atoms with van der Waals surface area (Å²) < 4.78 is 5.23. The molecule has 1 fully saturated rings. The molecule has 0 saturated carbocycles. The van der Waals surface area contributed by atoms with E-state index in [0.29, 0.717) is 5.88 Å². The van der Waals surface area contributed by atoms with Crippen molar-refractivity contribution >= 4 is 5.95 Å². The topological polar surface area (TPSA) is 50.3 Å². The number of anilines is 1. The molecular weight excluding hydrogens is 252 g/mol. The lowest BCUT2D eigenvalue weighted by atomic mass is 9.97. The zero-order chi connectivity index (χ0) is 14.4. The predicted octanol–water partition coefficient (Wildman–Crippen LogP) is 2.01. The minimum absolute atomic E-state index is 0.652. The van der Waals surface area contributed by atoms with Crippen molar-refractivity contribution in [2.24, 2.45) is 5.92 Å². The zero-order valence-electron chi connectivity index (χ0n) is 12.9. The smallest absolute Gasteiger partial charge is 0.228 e. The molecule has 5 nitrogen and oxygen atoms in total. The Kier molecular flexibility index (Phi) is 5.59. The van der Waals surface area contributed by atoms with Crippen molar-refractivity contribution in [3.05, 3.63) is 11.8 Å². The maximum Gasteiger partial charge on any atom is 0.228 e. The van der Waals surface area contributed by atoms with Gasteiger partial charge >= 0.3 is 0 Å². The predicted molar refractivity (Wildman–Crippen MR) is 81.4 cm³/mol. The Bertz CT molecular complexity index is 416. The third kappa shape index (κ3) is 4.07. The molecule has 0 radical (unpaired) electrons. The summed E-state index contributed by atoms with van der Waals surface area (Å²) >= 11 is 0. The van der Waals surface area contributed by atoms with E-state index in [2.05, 4.69) is 27.1 Å². The van der Waals surface area contributed by atoms with Gasteiger partial charge in [-0.2, -0.15) is 4.98 Å². The van der Waals surface area contributed by atoms with Crippen molar-refractivity contribution < 1.29 is 4.74 Å². The molecule has 20 heavy (non-hydrogen) atoms. The number of nitrogens with one attached hydrogen (secondary N) is 1. The standard InChI is InChI=1S/C15H26N4O/c1-4-7-16-11-13-5-8-19(9-6-13)15-17-12(2)10-14(18-15)20-3/h10,13,16H,4-9,11H2,1-3H3. The van der Waals surface area contributed by atoms with Crippen LogP contribution in [-0.4, -0.2) is 43.3 Å². The minimum atomic E-state index is 0.652. The Hall–Kier alpha value is -1.36. The largest absolute Gasteiger partial charge is 0.481 e. The van der Waals surface area contributed by atoms with Gasteiger partial charge in [0, 0.05) is 24.8 Å². The number of aryl methyl sites for hydroxylation is 1. The quantitative estimate of drug-likeness (QED) is 0.807. The summed E-state index contributed by atoms with van der Waals surface area (Å²) in [5, 5.41) is 3.52. The molecule has 2 heterocycles. The van der Waals surface area contributed by atoms with Crippen LogP contribution >= 0.6 is 0 Å². The minimum Gasteiger partial charge on any atom is -0.481 e. The average Bonchev–Trinajstić information content (AvgIpc) is 2.47. The summed E-state index contributed by atoms with van der Waals surface area (Å²) in [4.78, 5) is 11.2. The van der Waals surface area contributed by atoms with E-state index < -0.39 is 0 Å². The molecule has 2 rings (SSSR count). The number of piperidine rings is 1. The highest BCUT2D eigenvalue weighted by molar-refractivity contribution is 5.34. The van der Waals surface area contributed by atoms with Crippen LogP contribution in [0.3, 0.4) is 0 Å². The van der Waals surface area contributed by atoms with Gasteiger partial charge in [0.25, 0.3) is 0 Å². The zero-order valence-corrected chi connectivity index (χ0v) is 12.9. The molecule has 5 heteroatoms. The lowest BCUT2D eigenvalue weighted by Crippen LogP contribution is -2.38. The van der Waals surface area contributed by atoms with Crippen LogP contribution in [0, 0.1) is 12.8 Å². The van der Waals surface area contributed by atoms with Gasteiger partial charge < -0.3 is 15.0 Å². The van der Waals surface area contributed by atoms with E-state index in [1.165, 1.54) is 19.3 Å². The van der Waals surface area contributed by atoms with Crippen LogP contribution in [0.2, 0.25) is 0 Å². The number of rotatable bonds is 6. The van der Waals surface area contributed by atoms with Crippen LogP contribution in [-0.2, 0) is 0 Å². The molecule has 0 atom stereocenters. The van der Waals surface area contributed by atoms with Crippen molar-refractivity contribution in [1.82, 2.24) is 15.3 Å². The van der Waals surface area contributed by atoms with Crippen molar-refractivity contribution in [1.29, 1.82) is 0 Å². The van der Waals surface area contributed by atoms with Gasteiger partial charge in [-0.15, -0.1) is 0 Å². The van der Waals surface area contributed by atoms with E-state index in [1.54, 1.807) is 7.11 Å². The van der Waals surface area contributed by atoms with Crippen molar-refractivity contribution in [3.8, 4) is 5.88 Å². The van der Waals surface area contributed by atoms with Crippen molar-refractivity contribution in [2.45, 2.75) is 33.1 Å². The number of ether oxygens (including phenoxy) is 1. The molecule has 0 unspecified atom stereocenters. The summed E-state index contributed by atoms with van der Waals surface area (Å²) in [6.07, 6.45) is 3.61. The second-order valence-corrected chi connectivity index (χ2v) is 5.49. The molecule has 0 spiro atoms. The molecule has 1 saturated heterocycles. The maximum absolute atomic E-state index is 5.23. The molecular formula is C15H26N4O. The van der Waals surface area contributed by atoms with Crippen molar-refractivity contribution in [3.63, 3.8) is 0 Å². The summed E-state index contributed by atoms with van der Waals surface area (Å²) in [5.74, 6) is 2.24. The summed E-state index contributed by atoms with van der Waals surface area (Å²) in [6, 6.07) is 1.87. The molecule has 1 aliphatic heterocycles. The SMILES string of the molecule is CCCNCC1CCN(c2nc(C)cc(OC)n2)CC1. The van der Waals surface area contributed by atoms with Crippen LogP contribution < -0.4 is 15.0 Å². The van der Waals surface area contributed by atoms with Gasteiger partial charge in [0.15, 0.2) is 0 Å². The summed E-state index contributed by atoms with van der Waals surface area (Å²) in [5.41, 5.74) is 0.957. The van der Waals surface area contributed by atoms with Gasteiger partial charge in [0.05, 0.1) is 7.11 Å². The van der Waals surface area contributed by atoms with E-state index in [-0.39, 0.29) is 0 Å². The Morgan fingerprint density at radius 2 is 2.10 bits per heavy atom. The van der Waals surface area contributed by atoms with E-state index in [9.17, 15) is 0 Å². The van der Waals surface area contributed by atoms with Crippen LogP contribution in [0.25, 0.3) is 0 Å². The van der Waals surface area contributed by atoms with Crippen LogP contribution in [0.15, 0.2) is 6.07 Å². The van der Waals surface area contributed by atoms with Crippen LogP contribution in [0.1, 0.15) is 31.9 Å². The van der Waals surface area contributed by atoms with E-state index in [1.807, 2.05) is 13.0 Å². The van der Waals surface area contributed by atoms with E-state index in [0.717, 1.165) is 43.7 Å². The highest BCUT2D eigenvalue weighted by atomic mass is 16.5. The van der Waals surface area contributed by atoms with Gasteiger partial charge in [-0.3, -0.25) is 0 Å². The summed E-state index contributed by atoms with van der Waals surface area (Å²) in [7, 11) is 1.65. The maximum atomic E-state index is 5.23. The number of nitrogens with zero attached hydrogens (tertiary/aromatic N) is 3. The Balaban J connectivity index is 1.88. The monoisotopic (exact) mass is 278 g/mol. The van der Waals surface area contributed by atoms with Crippen LogP contribution in [0.4, 0.5) is 5.95 Å². The molecule has 1 aliphatic rings. The Labute approximate surface area is 121 Å². The van der Waals surface area contributed by atoms with Crippen molar-refractivity contribution in [2.75, 3.05) is 38.2 Å². The van der Waals surface area contributed by atoms with Gasteiger partial charge in [-0.25, -0.2) is 4.98 Å². The highest BCUT2D eigenvalue weighted by Gasteiger charge is 2.21. The first-order valence-electron chi connectivity index (χ1n) is 7.58. The lowest BCUT2D eigenvalue weighted by molar-refractivity contribution is 0.375. The second kappa shape index (κ2) is 7.43. The Morgan fingerprint density at radius 1 is 1.35 bits per heavy atom. The first-order valence-corrected chi connectivity index (χ1v) is 7.58. The molecule has 0 aliphatic carbocycles. The van der Waals surface area contributed by atoms with Gasteiger partial charge in [0.1, 0.15) is 0 Å². The first-order chi connectivity index (χ1) is 9.72. The fraction of sp³-hybridized carbons (Fsp3) is 0.733. The number of hydrogen-bond donors (Lipinski definition) is 1. The summed E-state index contributed by atoms with van der Waals surface area (Å²) in [6.45, 7) is 8.52. The molecule has 0 bridgehead atoms. The molecule has 1 aromatic rings. The van der Waals surface area contributed by atoms with Gasteiger partial charge in [-0.1, -0.05) is 6.92 Å². The molecule has 1 N–H and O–H groups in total. The average molecular weight is 278 g/mol. The third-order valence-electron chi connectivity index (χ3n) is 3.79. The second-order valence-electron chi connectivity index (χ2n) is 5.49. The van der Waals surface area contributed by atoms with E-state index in [4.69, 9.17) is 4.74 Å². The molecule has 0 aromatic carbocycles. The Morgan fingerprint density at radius 3 is 2.75 bits per heavy atom. The first kappa shape index (κ1) is 15.0. The molecule has 112 valence electrons. The highest BCUT2D eigenvalue weighted by Crippen LogP contribution is 2.22. The molecule has 0 amide bonds. The number of methoxy groups -OCH3 is 1. The van der Waals surface area contributed by atoms with Crippen LogP contribution in [0.5, 0.6) is 5.88 Å². The molecule has 1 aromatic heterocycles. The third-order valence-corrected chi connectivity index (χ3v) is 3.79.